The average molecular weight is 343 g/mol. The topological polar surface area (TPSA) is 101 Å². The van der Waals surface area contributed by atoms with E-state index < -0.39 is 0 Å². The van der Waals surface area contributed by atoms with Crippen LogP contribution >= 0.6 is 0 Å². The molecule has 25 heavy (non-hydrogen) atoms. The molecule has 0 bridgehead atoms. The lowest BCUT2D eigenvalue weighted by molar-refractivity contribution is 0.101. The summed E-state index contributed by atoms with van der Waals surface area (Å²) in [6.07, 6.45) is 11.6. The molecule has 2 aromatic rings. The summed E-state index contributed by atoms with van der Waals surface area (Å²) in [6, 6.07) is 0.407. The van der Waals surface area contributed by atoms with Crippen molar-refractivity contribution in [1.29, 1.82) is 0 Å². The van der Waals surface area contributed by atoms with Gasteiger partial charge in [-0.1, -0.05) is 19.3 Å². The SMILES string of the molecule is O=C(Nc1ncn(C2CCCCC2)n1)c1[nH]ncc1C1CCNCC1. The van der Waals surface area contributed by atoms with Crippen LogP contribution in [0.1, 0.15) is 73.0 Å². The highest BCUT2D eigenvalue weighted by molar-refractivity contribution is 6.02. The molecule has 0 unspecified atom stereocenters. The molecule has 2 fully saturated rings. The van der Waals surface area contributed by atoms with Gasteiger partial charge in [-0.15, -0.1) is 5.10 Å². The number of aromatic nitrogens is 5. The summed E-state index contributed by atoms with van der Waals surface area (Å²) in [4.78, 5) is 16.9. The third kappa shape index (κ3) is 3.58. The Balaban J connectivity index is 1.44. The van der Waals surface area contributed by atoms with Crippen molar-refractivity contribution in [3.8, 4) is 0 Å². The zero-order chi connectivity index (χ0) is 17.1. The van der Waals surface area contributed by atoms with Crippen molar-refractivity contribution in [1.82, 2.24) is 30.3 Å². The molecule has 1 aliphatic carbocycles. The number of hydrogen-bond acceptors (Lipinski definition) is 5. The van der Waals surface area contributed by atoms with Gasteiger partial charge in [-0.3, -0.25) is 15.2 Å². The highest BCUT2D eigenvalue weighted by Crippen LogP contribution is 2.28. The van der Waals surface area contributed by atoms with Crippen LogP contribution in [0.5, 0.6) is 0 Å². The number of aromatic amines is 1. The summed E-state index contributed by atoms with van der Waals surface area (Å²) in [7, 11) is 0. The smallest absolute Gasteiger partial charge is 0.276 e. The fourth-order valence-corrected chi connectivity index (χ4v) is 3.94. The van der Waals surface area contributed by atoms with Gasteiger partial charge < -0.3 is 5.32 Å². The van der Waals surface area contributed by atoms with Crippen molar-refractivity contribution in [3.05, 3.63) is 23.8 Å². The lowest BCUT2D eigenvalue weighted by Gasteiger charge is -2.22. The Hall–Kier alpha value is -2.22. The van der Waals surface area contributed by atoms with Gasteiger partial charge in [0, 0.05) is 5.56 Å². The minimum atomic E-state index is -0.215. The summed E-state index contributed by atoms with van der Waals surface area (Å²) >= 11 is 0. The van der Waals surface area contributed by atoms with Crippen LogP contribution in [0.3, 0.4) is 0 Å². The number of amides is 1. The summed E-state index contributed by atoms with van der Waals surface area (Å²) in [6.45, 7) is 1.95. The van der Waals surface area contributed by atoms with Gasteiger partial charge in [-0.2, -0.15) is 5.10 Å². The van der Waals surface area contributed by atoms with Crippen LogP contribution < -0.4 is 10.6 Å². The number of rotatable bonds is 4. The molecule has 0 spiro atoms. The highest BCUT2D eigenvalue weighted by Gasteiger charge is 2.24. The first-order chi connectivity index (χ1) is 12.3. The zero-order valence-electron chi connectivity index (χ0n) is 14.4. The molecule has 3 N–H and O–H groups in total. The fourth-order valence-electron chi connectivity index (χ4n) is 3.94. The van der Waals surface area contributed by atoms with Crippen LogP contribution in [0.2, 0.25) is 0 Å². The van der Waals surface area contributed by atoms with Crippen LogP contribution in [-0.2, 0) is 0 Å². The number of nitrogens with zero attached hydrogens (tertiary/aromatic N) is 4. The van der Waals surface area contributed by atoms with Gasteiger partial charge in [0.15, 0.2) is 0 Å². The predicted molar refractivity (Wildman–Crippen MR) is 93.5 cm³/mol. The summed E-state index contributed by atoms with van der Waals surface area (Å²) in [5.41, 5.74) is 1.52. The number of carbonyl (C=O) groups excluding carboxylic acids is 1. The van der Waals surface area contributed by atoms with E-state index in [9.17, 15) is 4.79 Å². The number of hydrogen-bond donors (Lipinski definition) is 3. The van der Waals surface area contributed by atoms with E-state index in [0.717, 1.165) is 44.3 Å². The van der Waals surface area contributed by atoms with E-state index in [1.54, 1.807) is 12.5 Å². The first kappa shape index (κ1) is 16.3. The number of H-pyrrole nitrogens is 1. The Morgan fingerprint density at radius 3 is 2.76 bits per heavy atom. The van der Waals surface area contributed by atoms with Gasteiger partial charge >= 0.3 is 0 Å². The van der Waals surface area contributed by atoms with E-state index in [1.807, 2.05) is 4.68 Å². The molecule has 2 aromatic heterocycles. The quantitative estimate of drug-likeness (QED) is 0.790. The molecule has 134 valence electrons. The Morgan fingerprint density at radius 1 is 1.16 bits per heavy atom. The number of anilines is 1. The predicted octanol–water partition coefficient (Wildman–Crippen LogP) is 2.23. The molecular weight excluding hydrogens is 318 g/mol. The molecule has 1 amide bonds. The third-order valence-electron chi connectivity index (χ3n) is 5.36. The van der Waals surface area contributed by atoms with Crippen molar-refractivity contribution in [2.75, 3.05) is 18.4 Å². The van der Waals surface area contributed by atoms with E-state index in [2.05, 4.69) is 30.9 Å². The highest BCUT2D eigenvalue weighted by atomic mass is 16.2. The molecule has 8 heteroatoms. The van der Waals surface area contributed by atoms with Crippen molar-refractivity contribution in [2.24, 2.45) is 0 Å². The molecular formula is C17H25N7O. The van der Waals surface area contributed by atoms with E-state index in [4.69, 9.17) is 0 Å². The zero-order valence-corrected chi connectivity index (χ0v) is 14.4. The van der Waals surface area contributed by atoms with Crippen LogP contribution in [0.4, 0.5) is 5.95 Å². The van der Waals surface area contributed by atoms with Gasteiger partial charge in [0.25, 0.3) is 5.91 Å². The first-order valence-electron chi connectivity index (χ1n) is 9.28. The van der Waals surface area contributed by atoms with Gasteiger partial charge in [0.2, 0.25) is 5.95 Å². The maximum absolute atomic E-state index is 12.6. The second-order valence-electron chi connectivity index (χ2n) is 7.02. The van der Waals surface area contributed by atoms with Crippen LogP contribution in [0.15, 0.2) is 12.5 Å². The van der Waals surface area contributed by atoms with Crippen LogP contribution in [0.25, 0.3) is 0 Å². The first-order valence-corrected chi connectivity index (χ1v) is 9.28. The largest absolute Gasteiger partial charge is 0.317 e. The van der Waals surface area contributed by atoms with Crippen LogP contribution in [-0.4, -0.2) is 44.0 Å². The summed E-state index contributed by atoms with van der Waals surface area (Å²) in [5, 5.41) is 17.5. The van der Waals surface area contributed by atoms with Crippen molar-refractivity contribution in [2.45, 2.75) is 56.9 Å². The summed E-state index contributed by atoms with van der Waals surface area (Å²) < 4.78 is 1.90. The monoisotopic (exact) mass is 343 g/mol. The maximum Gasteiger partial charge on any atom is 0.276 e. The number of piperidine rings is 1. The minimum Gasteiger partial charge on any atom is -0.317 e. The Morgan fingerprint density at radius 2 is 1.96 bits per heavy atom. The lowest BCUT2D eigenvalue weighted by Crippen LogP contribution is -2.27. The molecule has 8 nitrogen and oxygen atoms in total. The van der Waals surface area contributed by atoms with E-state index in [0.29, 0.717) is 23.6 Å². The average Bonchev–Trinajstić information content (AvgIpc) is 3.33. The van der Waals surface area contributed by atoms with Crippen molar-refractivity contribution >= 4 is 11.9 Å². The molecule has 2 aliphatic rings. The second-order valence-corrected chi connectivity index (χ2v) is 7.02. The number of carbonyl (C=O) groups is 1. The molecule has 4 rings (SSSR count). The minimum absolute atomic E-state index is 0.215. The maximum atomic E-state index is 12.6. The standard InChI is InChI=1S/C17H25N7O/c25-16(15-14(10-20-22-15)12-6-8-18-9-7-12)21-17-19-11-24(23-17)13-4-2-1-3-5-13/h10-13,18H,1-9H2,(H,20,22)(H,21,23,25). The second kappa shape index (κ2) is 7.35. The Kier molecular flexibility index (Phi) is 4.78. The van der Waals surface area contributed by atoms with Gasteiger partial charge in [-0.25, -0.2) is 9.67 Å². The van der Waals surface area contributed by atoms with Crippen LogP contribution in [0, 0.1) is 0 Å². The van der Waals surface area contributed by atoms with Crippen molar-refractivity contribution in [3.63, 3.8) is 0 Å². The van der Waals surface area contributed by atoms with Gasteiger partial charge in [0.05, 0.1) is 12.2 Å². The molecule has 0 atom stereocenters. The molecule has 1 saturated heterocycles. The van der Waals surface area contributed by atoms with Crippen molar-refractivity contribution < 1.29 is 4.79 Å². The Bertz CT molecular complexity index is 710. The third-order valence-corrected chi connectivity index (χ3v) is 5.36. The van der Waals surface area contributed by atoms with E-state index >= 15 is 0 Å². The summed E-state index contributed by atoms with van der Waals surface area (Å²) in [5.74, 6) is 0.516. The normalized spacial score (nSPS) is 19.8. The van der Waals surface area contributed by atoms with Gasteiger partial charge in [0.1, 0.15) is 12.0 Å². The molecule has 0 radical (unpaired) electrons. The number of nitrogens with one attached hydrogen (secondary N) is 3. The molecule has 3 heterocycles. The molecule has 1 saturated carbocycles. The molecule has 1 aliphatic heterocycles. The molecule has 0 aromatic carbocycles. The van der Waals surface area contributed by atoms with E-state index in [1.165, 1.54) is 19.3 Å². The van der Waals surface area contributed by atoms with Gasteiger partial charge in [-0.05, 0) is 44.7 Å². The Labute approximate surface area is 146 Å². The van der Waals surface area contributed by atoms with E-state index in [-0.39, 0.29) is 5.91 Å². The lowest BCUT2D eigenvalue weighted by atomic mass is 9.90. The fraction of sp³-hybridized carbons (Fsp3) is 0.647.